The Labute approximate surface area is 86.3 Å². The fourth-order valence-electron chi connectivity index (χ4n) is 1.30. The van der Waals surface area contributed by atoms with Gasteiger partial charge < -0.3 is 4.98 Å². The van der Waals surface area contributed by atoms with Gasteiger partial charge in [0.25, 0.3) is 5.56 Å². The summed E-state index contributed by atoms with van der Waals surface area (Å²) in [5.74, 6) is 0. The van der Waals surface area contributed by atoms with E-state index in [1.165, 1.54) is 10.9 Å². The molecule has 2 rings (SSSR count). The van der Waals surface area contributed by atoms with Gasteiger partial charge in [-0.2, -0.15) is 0 Å². The number of aromatic nitrogens is 4. The number of nitrogens with zero attached hydrogens (tertiary/aromatic N) is 3. The molecule has 0 aromatic carbocycles. The van der Waals surface area contributed by atoms with E-state index in [1.807, 2.05) is 0 Å². The summed E-state index contributed by atoms with van der Waals surface area (Å²) in [6.45, 7) is 0. The largest absolute Gasteiger partial charge is 0.339 e. The van der Waals surface area contributed by atoms with Crippen LogP contribution >= 0.6 is 15.9 Å². The fourth-order valence-corrected chi connectivity index (χ4v) is 1.74. The molecule has 2 heterocycles. The van der Waals surface area contributed by atoms with Gasteiger partial charge in [-0.05, 0) is 0 Å². The summed E-state index contributed by atoms with van der Waals surface area (Å²) in [5.41, 5.74) is 0.140. The lowest BCUT2D eigenvalue weighted by Gasteiger charge is -2.03. The van der Waals surface area contributed by atoms with Crippen molar-refractivity contribution in [3.05, 3.63) is 27.2 Å². The van der Waals surface area contributed by atoms with Crippen molar-refractivity contribution >= 4 is 27.1 Å². The van der Waals surface area contributed by atoms with Crippen LogP contribution in [0.1, 0.15) is 0 Å². The highest BCUT2D eigenvalue weighted by Crippen LogP contribution is 1.99. The number of aromatic amines is 1. The topological polar surface area (TPSA) is 72.7 Å². The van der Waals surface area contributed by atoms with Crippen LogP contribution < -0.4 is 11.2 Å². The van der Waals surface area contributed by atoms with Crippen molar-refractivity contribution in [3.63, 3.8) is 0 Å². The van der Waals surface area contributed by atoms with Crippen LogP contribution in [0.15, 0.2) is 15.9 Å². The number of hydrogen-bond donors (Lipinski definition) is 1. The van der Waals surface area contributed by atoms with Gasteiger partial charge in [-0.25, -0.2) is 14.3 Å². The van der Waals surface area contributed by atoms with Crippen LogP contribution in [0.25, 0.3) is 11.2 Å². The highest BCUT2D eigenvalue weighted by Gasteiger charge is 2.11. The van der Waals surface area contributed by atoms with E-state index in [2.05, 4.69) is 25.9 Å². The van der Waals surface area contributed by atoms with Crippen molar-refractivity contribution in [2.24, 2.45) is 7.05 Å². The van der Waals surface area contributed by atoms with Crippen molar-refractivity contribution in [1.82, 2.24) is 19.1 Å². The Morgan fingerprint density at radius 2 is 2.29 bits per heavy atom. The normalized spacial score (nSPS) is 11.0. The number of hydrogen-bond acceptors (Lipinski definition) is 3. The molecule has 0 radical (unpaired) electrons. The van der Waals surface area contributed by atoms with E-state index < -0.39 is 0 Å². The average Bonchev–Trinajstić information content (AvgIpc) is 2.64. The molecule has 0 spiro atoms. The van der Waals surface area contributed by atoms with E-state index >= 15 is 0 Å². The molecule has 0 aliphatic heterocycles. The van der Waals surface area contributed by atoms with E-state index in [0.29, 0.717) is 11.2 Å². The number of aryl methyl sites for hydroxylation is 1. The number of alkyl halides is 1. The van der Waals surface area contributed by atoms with Crippen molar-refractivity contribution in [2.45, 2.75) is 5.45 Å². The third kappa shape index (κ3) is 1.05. The minimum atomic E-state index is -0.383. The van der Waals surface area contributed by atoms with Crippen molar-refractivity contribution in [1.29, 1.82) is 0 Å². The number of fused-ring (bicyclic) bond motifs is 1. The summed E-state index contributed by atoms with van der Waals surface area (Å²) >= 11 is 3.08. The molecule has 0 atom stereocenters. The molecule has 2 aromatic rings. The van der Waals surface area contributed by atoms with Gasteiger partial charge in [0.2, 0.25) is 0 Å². The minimum Gasteiger partial charge on any atom is -0.339 e. The van der Waals surface area contributed by atoms with Crippen LogP contribution in [0, 0.1) is 0 Å². The number of halogens is 1. The highest BCUT2D eigenvalue weighted by molar-refractivity contribution is 9.08. The molecule has 74 valence electrons. The number of nitrogens with one attached hydrogen (secondary N) is 1. The predicted octanol–water partition coefficient (Wildman–Crippen LogP) is -0.224. The number of imidazole rings is 1. The van der Waals surface area contributed by atoms with Gasteiger partial charge in [-0.1, -0.05) is 15.9 Å². The third-order valence-electron chi connectivity index (χ3n) is 2.03. The van der Waals surface area contributed by atoms with Gasteiger partial charge in [0.1, 0.15) is 5.52 Å². The van der Waals surface area contributed by atoms with E-state index in [-0.39, 0.29) is 16.7 Å². The molecule has 0 bridgehead atoms. The Bertz CT molecular complexity index is 594. The second-order valence-electron chi connectivity index (χ2n) is 2.80. The maximum absolute atomic E-state index is 11.6. The monoisotopic (exact) mass is 258 g/mol. The first-order valence-corrected chi connectivity index (χ1v) is 4.98. The summed E-state index contributed by atoms with van der Waals surface area (Å²) in [6.07, 6.45) is 1.39. The molecule has 0 unspecified atom stereocenters. The molecular weight excluding hydrogens is 252 g/mol. The zero-order chi connectivity index (χ0) is 10.3. The average molecular weight is 259 g/mol. The van der Waals surface area contributed by atoms with Crippen LogP contribution in [-0.4, -0.2) is 19.1 Å². The van der Waals surface area contributed by atoms with Gasteiger partial charge in [0, 0.05) is 7.05 Å². The smallest absolute Gasteiger partial charge is 0.333 e. The SMILES string of the molecule is Cn1c(=O)n(CBr)c(=O)c2[nH]cnc21. The molecule has 0 saturated heterocycles. The molecular formula is C7H7BrN4O2. The molecule has 1 N–H and O–H groups in total. The number of rotatable bonds is 1. The van der Waals surface area contributed by atoms with Crippen LogP contribution in [0.2, 0.25) is 0 Å². The summed E-state index contributed by atoms with van der Waals surface area (Å²) in [7, 11) is 1.57. The standard InChI is InChI=1S/C7H7BrN4O2/c1-11-5-4(9-3-10-5)6(13)12(2-8)7(11)14/h3H,2H2,1H3,(H,9,10). The van der Waals surface area contributed by atoms with Gasteiger partial charge in [-0.3, -0.25) is 9.36 Å². The molecule has 6 nitrogen and oxygen atoms in total. The summed E-state index contributed by atoms with van der Waals surface area (Å²) in [6, 6.07) is 0. The number of H-pyrrole nitrogens is 1. The van der Waals surface area contributed by atoms with E-state index in [9.17, 15) is 9.59 Å². The maximum Gasteiger partial charge on any atom is 0.333 e. The van der Waals surface area contributed by atoms with E-state index in [1.54, 1.807) is 7.05 Å². The van der Waals surface area contributed by atoms with Crippen LogP contribution in [0.4, 0.5) is 0 Å². The van der Waals surface area contributed by atoms with Crippen molar-refractivity contribution in [2.75, 3.05) is 0 Å². The predicted molar refractivity (Wildman–Crippen MR) is 54.5 cm³/mol. The van der Waals surface area contributed by atoms with Crippen LogP contribution in [0.3, 0.4) is 0 Å². The van der Waals surface area contributed by atoms with E-state index in [0.717, 1.165) is 4.57 Å². The molecule has 14 heavy (non-hydrogen) atoms. The molecule has 2 aromatic heterocycles. The molecule has 0 fully saturated rings. The quantitative estimate of drug-likeness (QED) is 0.719. The first-order chi connectivity index (χ1) is 6.66. The molecule has 0 aliphatic carbocycles. The van der Waals surface area contributed by atoms with Crippen LogP contribution in [0.5, 0.6) is 0 Å². The minimum absolute atomic E-state index is 0.174. The lowest BCUT2D eigenvalue weighted by atomic mass is 10.5. The first-order valence-electron chi connectivity index (χ1n) is 3.85. The molecule has 0 amide bonds. The second kappa shape index (κ2) is 3.09. The maximum atomic E-state index is 11.6. The summed E-state index contributed by atoms with van der Waals surface area (Å²) < 4.78 is 2.41. The molecule has 0 saturated carbocycles. The van der Waals surface area contributed by atoms with Crippen molar-refractivity contribution < 1.29 is 0 Å². The molecule has 7 heteroatoms. The first kappa shape index (κ1) is 9.20. The Morgan fingerprint density at radius 3 is 2.93 bits per heavy atom. The zero-order valence-corrected chi connectivity index (χ0v) is 8.91. The lowest BCUT2D eigenvalue weighted by molar-refractivity contribution is 0.703. The Kier molecular flexibility index (Phi) is 2.03. The Balaban J connectivity index is 3.10. The van der Waals surface area contributed by atoms with E-state index in [4.69, 9.17) is 0 Å². The fraction of sp³-hybridized carbons (Fsp3) is 0.286. The zero-order valence-electron chi connectivity index (χ0n) is 7.32. The van der Waals surface area contributed by atoms with Gasteiger partial charge in [0.05, 0.1) is 11.8 Å². The van der Waals surface area contributed by atoms with Gasteiger partial charge in [-0.15, -0.1) is 0 Å². The Morgan fingerprint density at radius 1 is 1.57 bits per heavy atom. The van der Waals surface area contributed by atoms with Crippen molar-refractivity contribution in [3.8, 4) is 0 Å². The lowest BCUT2D eigenvalue weighted by Crippen LogP contribution is -2.38. The molecule has 0 aliphatic rings. The summed E-state index contributed by atoms with van der Waals surface area (Å²) in [5, 5.41) is 0. The van der Waals surface area contributed by atoms with Crippen LogP contribution in [-0.2, 0) is 12.5 Å². The van der Waals surface area contributed by atoms with Gasteiger partial charge in [0.15, 0.2) is 5.65 Å². The third-order valence-corrected chi connectivity index (χ3v) is 2.53. The Hall–Kier alpha value is -1.37. The van der Waals surface area contributed by atoms with Gasteiger partial charge >= 0.3 is 5.69 Å². The highest BCUT2D eigenvalue weighted by atomic mass is 79.9. The second-order valence-corrected chi connectivity index (χ2v) is 3.30. The summed E-state index contributed by atoms with van der Waals surface area (Å²) in [4.78, 5) is 29.8.